The molecule has 0 fully saturated rings. The van der Waals surface area contributed by atoms with E-state index in [0.717, 1.165) is 17.1 Å². The van der Waals surface area contributed by atoms with Crippen LogP contribution in [0.2, 0.25) is 0 Å². The van der Waals surface area contributed by atoms with Crippen LogP contribution in [0.1, 0.15) is 21.7 Å². The highest BCUT2D eigenvalue weighted by Crippen LogP contribution is 2.33. The van der Waals surface area contributed by atoms with E-state index in [1.807, 2.05) is 0 Å². The van der Waals surface area contributed by atoms with E-state index >= 15 is 0 Å². The molecule has 0 bridgehead atoms. The number of benzene rings is 2. The number of hydrogen-bond acceptors (Lipinski definition) is 8. The third kappa shape index (κ3) is 5.78. The summed E-state index contributed by atoms with van der Waals surface area (Å²) < 4.78 is 42.1. The molecule has 1 amide bonds. The minimum absolute atomic E-state index is 0.00813. The van der Waals surface area contributed by atoms with E-state index < -0.39 is 17.6 Å². The summed E-state index contributed by atoms with van der Waals surface area (Å²) in [6.07, 6.45) is 1.73. The number of rotatable bonds is 7. The fourth-order valence-electron chi connectivity index (χ4n) is 3.57. The molecule has 38 heavy (non-hydrogen) atoms. The van der Waals surface area contributed by atoms with Crippen LogP contribution in [0.15, 0.2) is 78.8 Å². The van der Waals surface area contributed by atoms with Gasteiger partial charge >= 0.3 is 6.18 Å². The van der Waals surface area contributed by atoms with Crippen LogP contribution < -0.4 is 16.0 Å². The summed E-state index contributed by atoms with van der Waals surface area (Å²) in [6.45, 7) is 1.67. The van der Waals surface area contributed by atoms with Gasteiger partial charge in [0.05, 0.1) is 17.3 Å². The molecule has 0 aliphatic carbocycles. The van der Waals surface area contributed by atoms with Gasteiger partial charge < -0.3 is 20.5 Å². The van der Waals surface area contributed by atoms with Gasteiger partial charge in [0.15, 0.2) is 0 Å². The van der Waals surface area contributed by atoms with Gasteiger partial charge in [-0.2, -0.15) is 18.2 Å². The molecule has 192 valence electrons. The van der Waals surface area contributed by atoms with Gasteiger partial charge in [0, 0.05) is 41.2 Å². The van der Waals surface area contributed by atoms with Crippen LogP contribution in [-0.2, 0) is 6.18 Å². The Morgan fingerprint density at radius 1 is 0.974 bits per heavy atom. The number of halogens is 3. The monoisotopic (exact) mass is 536 g/mol. The number of carbonyl (C=O) groups is 1. The molecule has 13 heteroatoms. The van der Waals surface area contributed by atoms with E-state index in [0.29, 0.717) is 23.3 Å². The van der Waals surface area contributed by atoms with Crippen molar-refractivity contribution in [3.63, 3.8) is 0 Å². The first-order valence-electron chi connectivity index (χ1n) is 11.1. The maximum absolute atomic E-state index is 13.5. The fourth-order valence-corrected chi connectivity index (χ4v) is 4.09. The molecule has 2 aromatic carbocycles. The smallest absolute Gasteiger partial charge is 0.330 e. The topological polar surface area (TPSA) is 110 Å². The van der Waals surface area contributed by atoms with E-state index in [1.165, 1.54) is 28.2 Å². The maximum Gasteiger partial charge on any atom is 0.416 e. The van der Waals surface area contributed by atoms with Crippen LogP contribution in [0.3, 0.4) is 0 Å². The van der Waals surface area contributed by atoms with Crippen LogP contribution in [0.5, 0.6) is 0 Å². The van der Waals surface area contributed by atoms with Crippen LogP contribution in [0, 0.1) is 6.92 Å². The number of aromatic nitrogens is 5. The molecule has 0 aliphatic rings. The molecule has 3 N–H and O–H groups in total. The summed E-state index contributed by atoms with van der Waals surface area (Å²) in [5, 5.41) is 9.57. The molecule has 0 radical (unpaired) electrons. The second kappa shape index (κ2) is 10.3. The molecule has 0 saturated heterocycles. The molecule has 9 nitrogen and oxygen atoms in total. The number of nitrogens with zero attached hydrogens (tertiary/aromatic N) is 5. The number of alkyl halides is 3. The zero-order valence-corrected chi connectivity index (χ0v) is 20.5. The Kier molecular flexibility index (Phi) is 6.75. The van der Waals surface area contributed by atoms with Crippen molar-refractivity contribution in [1.29, 1.82) is 0 Å². The number of carbonyl (C=O) groups excluding carboxylic acids is 1. The van der Waals surface area contributed by atoms with Gasteiger partial charge in [-0.15, -0.1) is 11.3 Å². The molecule has 0 atom stereocenters. The van der Waals surface area contributed by atoms with Gasteiger partial charge in [-0.3, -0.25) is 9.78 Å². The minimum Gasteiger partial charge on any atom is -0.330 e. The number of hydrogen-bond donors (Lipinski definition) is 3. The number of aryl methyl sites for hydroxylation is 1. The van der Waals surface area contributed by atoms with Gasteiger partial charge in [0.2, 0.25) is 5.95 Å². The van der Waals surface area contributed by atoms with Crippen molar-refractivity contribution >= 4 is 45.4 Å². The quantitative estimate of drug-likeness (QED) is 0.228. The Balaban J connectivity index is 1.30. The lowest BCUT2D eigenvalue weighted by atomic mass is 10.1. The standard InChI is InChI=1S/C25H19F3N8OS/c1-15-30-8-9-36(15)20-11-17(25(26,27)28)10-19(12-20)32-23(37)16-2-4-18(5-3-16)33-24-31-7-6-21(35-24)34-22-13-29-14-38-22/h2-14H,1H3,(H,32,37)(H2,31,33,34,35). The number of imidazole rings is 1. The van der Waals surface area contributed by atoms with Crippen LogP contribution in [0.4, 0.5) is 41.3 Å². The van der Waals surface area contributed by atoms with Crippen LogP contribution >= 0.6 is 11.3 Å². The highest BCUT2D eigenvalue weighted by molar-refractivity contribution is 7.13. The van der Waals surface area contributed by atoms with E-state index in [2.05, 4.69) is 35.9 Å². The number of thiazole rings is 1. The van der Waals surface area contributed by atoms with Crippen molar-refractivity contribution < 1.29 is 18.0 Å². The maximum atomic E-state index is 13.5. The lowest BCUT2D eigenvalue weighted by molar-refractivity contribution is -0.137. The first kappa shape index (κ1) is 24.9. The van der Waals surface area contributed by atoms with Gasteiger partial charge in [0.1, 0.15) is 16.6 Å². The first-order chi connectivity index (χ1) is 18.2. The lowest BCUT2D eigenvalue weighted by Gasteiger charge is -2.14. The zero-order chi connectivity index (χ0) is 26.7. The highest BCUT2D eigenvalue weighted by atomic mass is 32.1. The largest absolute Gasteiger partial charge is 0.416 e. The minimum atomic E-state index is -4.59. The third-order valence-corrected chi connectivity index (χ3v) is 6.04. The Morgan fingerprint density at radius 3 is 2.47 bits per heavy atom. The average molecular weight is 537 g/mol. The van der Waals surface area contributed by atoms with Crippen LogP contribution in [-0.4, -0.2) is 30.4 Å². The Bertz CT molecular complexity index is 1570. The number of anilines is 5. The average Bonchev–Trinajstić information content (AvgIpc) is 3.55. The van der Waals surface area contributed by atoms with E-state index in [9.17, 15) is 18.0 Å². The van der Waals surface area contributed by atoms with Crippen molar-refractivity contribution in [2.75, 3.05) is 16.0 Å². The molecular formula is C25H19F3N8OS. The van der Waals surface area contributed by atoms with Crippen molar-refractivity contribution in [2.24, 2.45) is 0 Å². The number of nitrogens with one attached hydrogen (secondary N) is 3. The van der Waals surface area contributed by atoms with Gasteiger partial charge in [-0.1, -0.05) is 0 Å². The Labute approximate surface area is 218 Å². The van der Waals surface area contributed by atoms with E-state index in [1.54, 1.807) is 61.4 Å². The summed E-state index contributed by atoms with van der Waals surface area (Å²) in [5.41, 5.74) is 1.94. The molecule has 5 rings (SSSR count). The molecular weight excluding hydrogens is 517 g/mol. The second-order valence-electron chi connectivity index (χ2n) is 8.02. The molecule has 0 spiro atoms. The summed E-state index contributed by atoms with van der Waals surface area (Å²) in [7, 11) is 0. The summed E-state index contributed by atoms with van der Waals surface area (Å²) in [6, 6.07) is 11.5. The zero-order valence-electron chi connectivity index (χ0n) is 19.7. The molecule has 0 unspecified atom stereocenters. The predicted molar refractivity (Wildman–Crippen MR) is 138 cm³/mol. The molecule has 0 aliphatic heterocycles. The third-order valence-electron chi connectivity index (χ3n) is 5.35. The van der Waals surface area contributed by atoms with Crippen LogP contribution in [0.25, 0.3) is 5.69 Å². The lowest BCUT2D eigenvalue weighted by Crippen LogP contribution is -2.14. The SMILES string of the molecule is Cc1nccn1-c1cc(NC(=O)c2ccc(Nc3nccc(Nc4cncs4)n3)cc2)cc(C(F)(F)F)c1. The Morgan fingerprint density at radius 2 is 1.79 bits per heavy atom. The van der Waals surface area contributed by atoms with Gasteiger partial charge in [0.25, 0.3) is 5.91 Å². The predicted octanol–water partition coefficient (Wildman–Crippen LogP) is 6.19. The molecule has 0 saturated carbocycles. The summed E-state index contributed by atoms with van der Waals surface area (Å²) in [4.78, 5) is 29.5. The van der Waals surface area contributed by atoms with Crippen molar-refractivity contribution in [3.05, 3.63) is 95.8 Å². The molecule has 3 aromatic heterocycles. The first-order valence-corrected chi connectivity index (χ1v) is 12.0. The highest BCUT2D eigenvalue weighted by Gasteiger charge is 2.31. The van der Waals surface area contributed by atoms with Gasteiger partial charge in [-0.25, -0.2) is 9.97 Å². The van der Waals surface area contributed by atoms with Crippen molar-refractivity contribution in [2.45, 2.75) is 13.1 Å². The summed E-state index contributed by atoms with van der Waals surface area (Å²) >= 11 is 1.43. The van der Waals surface area contributed by atoms with Crippen molar-refractivity contribution in [3.8, 4) is 5.69 Å². The van der Waals surface area contributed by atoms with E-state index in [-0.39, 0.29) is 16.9 Å². The fraction of sp³-hybridized carbons (Fsp3) is 0.0800. The number of amides is 1. The summed E-state index contributed by atoms with van der Waals surface area (Å²) in [5.74, 6) is 0.867. The molecule has 3 heterocycles. The van der Waals surface area contributed by atoms with Crippen molar-refractivity contribution in [1.82, 2.24) is 24.5 Å². The second-order valence-corrected chi connectivity index (χ2v) is 8.91. The van der Waals surface area contributed by atoms with Gasteiger partial charge in [-0.05, 0) is 55.5 Å². The normalized spacial score (nSPS) is 11.3. The van der Waals surface area contributed by atoms with E-state index in [4.69, 9.17) is 0 Å². The Hall–Kier alpha value is -4.78. The molecule has 5 aromatic rings.